The molecule has 0 aromatic rings. The summed E-state index contributed by atoms with van der Waals surface area (Å²) in [7, 11) is 0. The first-order chi connectivity index (χ1) is 7.33. The van der Waals surface area contributed by atoms with Crippen molar-refractivity contribution in [2.45, 2.75) is 44.6 Å². The lowest BCUT2D eigenvalue weighted by atomic mass is 10.2. The minimum atomic E-state index is 0.189. The molecule has 0 atom stereocenters. The zero-order valence-electron chi connectivity index (χ0n) is 9.30. The number of carbonyl (C=O) groups is 1. The summed E-state index contributed by atoms with van der Waals surface area (Å²) in [4.78, 5) is 11.3. The molecule has 4 heteroatoms. The SMILES string of the molecule is O=C(CCCNCCCCO)NC1CC1. The van der Waals surface area contributed by atoms with Crippen molar-refractivity contribution < 1.29 is 9.90 Å². The van der Waals surface area contributed by atoms with E-state index < -0.39 is 0 Å². The molecule has 0 unspecified atom stereocenters. The Morgan fingerprint density at radius 1 is 1.20 bits per heavy atom. The van der Waals surface area contributed by atoms with E-state index in [1.165, 1.54) is 0 Å². The van der Waals surface area contributed by atoms with Crippen LogP contribution in [-0.2, 0) is 4.79 Å². The molecule has 1 fully saturated rings. The molecule has 0 bridgehead atoms. The van der Waals surface area contributed by atoms with Crippen molar-refractivity contribution >= 4 is 5.91 Å². The largest absolute Gasteiger partial charge is 0.396 e. The summed E-state index contributed by atoms with van der Waals surface area (Å²) in [5.41, 5.74) is 0. The number of hydrogen-bond acceptors (Lipinski definition) is 3. The van der Waals surface area contributed by atoms with Crippen molar-refractivity contribution in [2.24, 2.45) is 0 Å². The van der Waals surface area contributed by atoms with Gasteiger partial charge in [0, 0.05) is 19.1 Å². The Kier molecular flexibility index (Phi) is 6.36. The normalized spacial score (nSPS) is 15.3. The minimum Gasteiger partial charge on any atom is -0.396 e. The van der Waals surface area contributed by atoms with Crippen molar-refractivity contribution in [3.05, 3.63) is 0 Å². The van der Waals surface area contributed by atoms with Gasteiger partial charge < -0.3 is 15.7 Å². The monoisotopic (exact) mass is 214 g/mol. The highest BCUT2D eigenvalue weighted by molar-refractivity contribution is 5.76. The molecular weight excluding hydrogens is 192 g/mol. The molecule has 3 N–H and O–H groups in total. The summed E-state index contributed by atoms with van der Waals surface area (Å²) < 4.78 is 0. The smallest absolute Gasteiger partial charge is 0.220 e. The number of amides is 1. The first kappa shape index (κ1) is 12.5. The molecule has 1 aliphatic carbocycles. The number of aliphatic hydroxyl groups excluding tert-OH is 1. The summed E-state index contributed by atoms with van der Waals surface area (Å²) in [5, 5.41) is 14.8. The van der Waals surface area contributed by atoms with Gasteiger partial charge in [0.1, 0.15) is 0 Å². The van der Waals surface area contributed by atoms with Crippen LogP contribution >= 0.6 is 0 Å². The number of rotatable bonds is 9. The fourth-order valence-corrected chi connectivity index (χ4v) is 1.39. The maximum Gasteiger partial charge on any atom is 0.220 e. The third-order valence-corrected chi connectivity index (χ3v) is 2.46. The van der Waals surface area contributed by atoms with E-state index in [2.05, 4.69) is 10.6 Å². The molecule has 1 amide bonds. The maximum absolute atomic E-state index is 11.3. The van der Waals surface area contributed by atoms with Gasteiger partial charge in [0.2, 0.25) is 5.91 Å². The summed E-state index contributed by atoms with van der Waals surface area (Å²) in [6.45, 7) is 2.10. The molecule has 15 heavy (non-hydrogen) atoms. The third kappa shape index (κ3) is 7.33. The van der Waals surface area contributed by atoms with E-state index >= 15 is 0 Å². The van der Waals surface area contributed by atoms with Gasteiger partial charge in [-0.1, -0.05) is 0 Å². The number of carbonyl (C=O) groups excluding carboxylic acids is 1. The second kappa shape index (κ2) is 7.65. The number of nitrogens with one attached hydrogen (secondary N) is 2. The van der Waals surface area contributed by atoms with Gasteiger partial charge in [0.15, 0.2) is 0 Å². The van der Waals surface area contributed by atoms with E-state index in [4.69, 9.17) is 5.11 Å². The molecule has 0 radical (unpaired) electrons. The van der Waals surface area contributed by atoms with Crippen molar-refractivity contribution in [1.82, 2.24) is 10.6 Å². The van der Waals surface area contributed by atoms with E-state index in [0.717, 1.165) is 45.2 Å². The van der Waals surface area contributed by atoms with Crippen molar-refractivity contribution in [1.29, 1.82) is 0 Å². The standard InChI is InChI=1S/C11H22N2O2/c14-9-2-1-7-12-8-3-4-11(15)13-10-5-6-10/h10,12,14H,1-9H2,(H,13,15). The first-order valence-electron chi connectivity index (χ1n) is 5.94. The minimum absolute atomic E-state index is 0.189. The second-order valence-corrected chi connectivity index (χ2v) is 4.13. The zero-order valence-corrected chi connectivity index (χ0v) is 9.30. The van der Waals surface area contributed by atoms with Crippen molar-refractivity contribution in [3.8, 4) is 0 Å². The molecule has 0 aromatic heterocycles. The van der Waals surface area contributed by atoms with Crippen LogP contribution in [0.15, 0.2) is 0 Å². The van der Waals surface area contributed by atoms with Gasteiger partial charge in [-0.2, -0.15) is 0 Å². The summed E-state index contributed by atoms with van der Waals surface area (Å²) in [6, 6.07) is 0.481. The molecule has 88 valence electrons. The van der Waals surface area contributed by atoms with Crippen LogP contribution < -0.4 is 10.6 Å². The lowest BCUT2D eigenvalue weighted by molar-refractivity contribution is -0.121. The van der Waals surface area contributed by atoms with Crippen LogP contribution in [0.2, 0.25) is 0 Å². The van der Waals surface area contributed by atoms with Gasteiger partial charge in [-0.3, -0.25) is 4.79 Å². The molecule has 4 nitrogen and oxygen atoms in total. The van der Waals surface area contributed by atoms with Gasteiger partial charge in [0.05, 0.1) is 0 Å². The predicted octanol–water partition coefficient (Wildman–Crippen LogP) is 0.407. The van der Waals surface area contributed by atoms with Crippen molar-refractivity contribution in [2.75, 3.05) is 19.7 Å². The van der Waals surface area contributed by atoms with Crippen LogP contribution in [0, 0.1) is 0 Å². The van der Waals surface area contributed by atoms with Crippen LogP contribution in [0.25, 0.3) is 0 Å². The fourth-order valence-electron chi connectivity index (χ4n) is 1.39. The fraction of sp³-hybridized carbons (Fsp3) is 0.909. The molecular formula is C11H22N2O2. The topological polar surface area (TPSA) is 61.4 Å². The highest BCUT2D eigenvalue weighted by Gasteiger charge is 2.22. The Labute approximate surface area is 91.4 Å². The molecule has 0 saturated heterocycles. The second-order valence-electron chi connectivity index (χ2n) is 4.13. The van der Waals surface area contributed by atoms with Crippen LogP contribution in [0.4, 0.5) is 0 Å². The molecule has 1 saturated carbocycles. The van der Waals surface area contributed by atoms with Gasteiger partial charge in [0.25, 0.3) is 0 Å². The van der Waals surface area contributed by atoms with E-state index in [0.29, 0.717) is 12.5 Å². The number of hydrogen-bond donors (Lipinski definition) is 3. The quantitative estimate of drug-likeness (QED) is 0.487. The first-order valence-corrected chi connectivity index (χ1v) is 5.94. The Balaban J connectivity index is 1.77. The van der Waals surface area contributed by atoms with Gasteiger partial charge in [-0.25, -0.2) is 0 Å². The highest BCUT2D eigenvalue weighted by atomic mass is 16.2. The average molecular weight is 214 g/mol. The average Bonchev–Trinajstić information content (AvgIpc) is 3.00. The number of aliphatic hydroxyl groups is 1. The molecule has 0 aromatic carbocycles. The van der Waals surface area contributed by atoms with E-state index in [-0.39, 0.29) is 12.5 Å². The maximum atomic E-state index is 11.3. The molecule has 1 aliphatic rings. The van der Waals surface area contributed by atoms with Crippen LogP contribution in [0.5, 0.6) is 0 Å². The van der Waals surface area contributed by atoms with Crippen LogP contribution in [0.1, 0.15) is 38.5 Å². The Bertz CT molecular complexity index is 181. The van der Waals surface area contributed by atoms with E-state index in [1.54, 1.807) is 0 Å². The summed E-state index contributed by atoms with van der Waals surface area (Å²) in [5.74, 6) is 0.189. The van der Waals surface area contributed by atoms with E-state index in [9.17, 15) is 4.79 Å². The lowest BCUT2D eigenvalue weighted by Crippen LogP contribution is -2.26. The van der Waals surface area contributed by atoms with Gasteiger partial charge >= 0.3 is 0 Å². The lowest BCUT2D eigenvalue weighted by Gasteiger charge is -2.04. The number of unbranched alkanes of at least 4 members (excludes halogenated alkanes) is 1. The predicted molar refractivity (Wildman–Crippen MR) is 59.6 cm³/mol. The zero-order chi connectivity index (χ0) is 10.9. The summed E-state index contributed by atoms with van der Waals surface area (Å²) in [6.07, 6.45) is 5.71. The highest BCUT2D eigenvalue weighted by Crippen LogP contribution is 2.18. The molecule has 1 rings (SSSR count). The molecule has 0 heterocycles. The van der Waals surface area contributed by atoms with E-state index in [1.807, 2.05) is 0 Å². The molecule has 0 spiro atoms. The Hall–Kier alpha value is -0.610. The van der Waals surface area contributed by atoms with Gasteiger partial charge in [-0.05, 0) is 45.2 Å². The van der Waals surface area contributed by atoms with Crippen LogP contribution in [-0.4, -0.2) is 36.8 Å². The summed E-state index contributed by atoms with van der Waals surface area (Å²) >= 11 is 0. The Morgan fingerprint density at radius 2 is 1.93 bits per heavy atom. The van der Waals surface area contributed by atoms with Crippen LogP contribution in [0.3, 0.4) is 0 Å². The third-order valence-electron chi connectivity index (χ3n) is 2.46. The van der Waals surface area contributed by atoms with Gasteiger partial charge in [-0.15, -0.1) is 0 Å². The molecule has 0 aliphatic heterocycles. The Morgan fingerprint density at radius 3 is 2.60 bits per heavy atom. The van der Waals surface area contributed by atoms with Crippen molar-refractivity contribution in [3.63, 3.8) is 0 Å².